The number of halogens is 2. The fraction of sp³-hybridized carbons (Fsp3) is 0.588. The van der Waals surface area contributed by atoms with Crippen molar-refractivity contribution in [3.05, 3.63) is 34.3 Å². The van der Waals surface area contributed by atoms with E-state index in [1.54, 1.807) is 0 Å². The van der Waals surface area contributed by atoms with Gasteiger partial charge in [0.05, 0.1) is 5.41 Å². The van der Waals surface area contributed by atoms with Crippen LogP contribution < -0.4 is 11.1 Å². The molecule has 124 valence electrons. The minimum atomic E-state index is -0.413. The molecule has 1 aliphatic carbocycles. The van der Waals surface area contributed by atoms with Gasteiger partial charge in [0.25, 0.3) is 0 Å². The molecule has 1 saturated carbocycles. The summed E-state index contributed by atoms with van der Waals surface area (Å²) in [5, 5.41) is 3.17. The highest BCUT2D eigenvalue weighted by atomic mass is 79.9. The molecule has 0 aromatic heterocycles. The van der Waals surface area contributed by atoms with Crippen molar-refractivity contribution in [1.29, 1.82) is 0 Å². The van der Waals surface area contributed by atoms with Crippen LogP contribution in [0.2, 0.25) is 0 Å². The number of hydrogen-bond donors (Lipinski definition) is 2. The maximum Gasteiger partial charge on any atom is 0.227 e. The summed E-state index contributed by atoms with van der Waals surface area (Å²) in [6.45, 7) is 5.19. The predicted octanol–water partition coefficient (Wildman–Crippen LogP) is 3.78. The van der Waals surface area contributed by atoms with E-state index in [2.05, 4.69) is 39.4 Å². The standard InChI is InChI=1S/C17H25BrN2O.ClH/c1-3-16(4-2,11-19)15(21)20-12-17(9-10-17)13-7-5-6-8-14(13)18;/h5-8H,3-4,9-12,19H2,1-2H3,(H,20,21);1H. The molecule has 0 radical (unpaired) electrons. The van der Waals surface area contributed by atoms with Gasteiger partial charge in [0.15, 0.2) is 0 Å². The molecular formula is C17H26BrClN2O. The van der Waals surface area contributed by atoms with E-state index in [0.717, 1.165) is 30.2 Å². The van der Waals surface area contributed by atoms with Gasteiger partial charge < -0.3 is 11.1 Å². The molecule has 1 aromatic rings. The number of benzene rings is 1. The second kappa shape index (κ2) is 7.80. The lowest BCUT2D eigenvalue weighted by Crippen LogP contribution is -2.47. The van der Waals surface area contributed by atoms with Gasteiger partial charge in [-0.05, 0) is 37.3 Å². The molecule has 0 heterocycles. The van der Waals surface area contributed by atoms with E-state index in [-0.39, 0.29) is 23.7 Å². The average Bonchev–Trinajstić information content (AvgIpc) is 3.29. The van der Waals surface area contributed by atoms with Crippen LogP contribution in [0.25, 0.3) is 0 Å². The van der Waals surface area contributed by atoms with Crippen LogP contribution in [-0.4, -0.2) is 19.0 Å². The van der Waals surface area contributed by atoms with Gasteiger partial charge in [-0.2, -0.15) is 0 Å². The van der Waals surface area contributed by atoms with Crippen LogP contribution in [0, 0.1) is 5.41 Å². The zero-order chi connectivity index (χ0) is 15.5. The summed E-state index contributed by atoms with van der Waals surface area (Å²) in [5.41, 5.74) is 6.85. The first-order chi connectivity index (χ1) is 10.0. The number of amides is 1. The highest BCUT2D eigenvalue weighted by molar-refractivity contribution is 9.10. The van der Waals surface area contributed by atoms with Gasteiger partial charge >= 0.3 is 0 Å². The van der Waals surface area contributed by atoms with Crippen LogP contribution in [0.3, 0.4) is 0 Å². The highest BCUT2D eigenvalue weighted by Gasteiger charge is 2.46. The van der Waals surface area contributed by atoms with Gasteiger partial charge in [-0.25, -0.2) is 0 Å². The number of carbonyl (C=O) groups is 1. The molecule has 0 bridgehead atoms. The molecular weight excluding hydrogens is 364 g/mol. The molecule has 5 heteroatoms. The lowest BCUT2D eigenvalue weighted by molar-refractivity contribution is -0.131. The topological polar surface area (TPSA) is 55.1 Å². The number of hydrogen-bond acceptors (Lipinski definition) is 2. The molecule has 0 aliphatic heterocycles. The van der Waals surface area contributed by atoms with Gasteiger partial charge in [0.2, 0.25) is 5.91 Å². The Balaban J connectivity index is 0.00000242. The van der Waals surface area contributed by atoms with Gasteiger partial charge in [-0.3, -0.25) is 4.79 Å². The van der Waals surface area contributed by atoms with Gasteiger partial charge in [0, 0.05) is 23.0 Å². The summed E-state index contributed by atoms with van der Waals surface area (Å²) in [7, 11) is 0. The van der Waals surface area contributed by atoms with Gasteiger partial charge in [0.1, 0.15) is 0 Å². The number of rotatable bonds is 7. The monoisotopic (exact) mass is 388 g/mol. The van der Waals surface area contributed by atoms with Crippen LogP contribution >= 0.6 is 28.3 Å². The first-order valence-electron chi connectivity index (χ1n) is 7.77. The zero-order valence-corrected chi connectivity index (χ0v) is 15.7. The first kappa shape index (κ1) is 19.5. The SMILES string of the molecule is CCC(CC)(CN)C(=O)NCC1(c2ccccc2Br)CC1.Cl. The summed E-state index contributed by atoms with van der Waals surface area (Å²) in [6.07, 6.45) is 3.83. The summed E-state index contributed by atoms with van der Waals surface area (Å²) in [5.74, 6) is 0.105. The maximum atomic E-state index is 12.5. The third kappa shape index (κ3) is 3.66. The maximum absolute atomic E-state index is 12.5. The Labute approximate surface area is 148 Å². The Morgan fingerprint density at radius 2 is 1.91 bits per heavy atom. The Morgan fingerprint density at radius 3 is 2.36 bits per heavy atom. The van der Waals surface area contributed by atoms with Gasteiger partial charge in [-0.15, -0.1) is 12.4 Å². The van der Waals surface area contributed by atoms with Crippen molar-refractivity contribution in [1.82, 2.24) is 5.32 Å². The molecule has 3 nitrogen and oxygen atoms in total. The molecule has 1 aliphatic rings. The lowest BCUT2D eigenvalue weighted by atomic mass is 9.81. The summed E-state index contributed by atoms with van der Waals surface area (Å²) >= 11 is 3.63. The molecule has 0 atom stereocenters. The van der Waals surface area contributed by atoms with E-state index in [9.17, 15) is 4.79 Å². The van der Waals surface area contributed by atoms with Crippen LogP contribution in [0.5, 0.6) is 0 Å². The van der Waals surface area contributed by atoms with Crippen LogP contribution in [-0.2, 0) is 10.2 Å². The van der Waals surface area contributed by atoms with Gasteiger partial charge in [-0.1, -0.05) is 48.0 Å². The van der Waals surface area contributed by atoms with Crippen molar-refractivity contribution in [2.75, 3.05) is 13.1 Å². The molecule has 0 spiro atoms. The minimum Gasteiger partial charge on any atom is -0.355 e. The summed E-state index contributed by atoms with van der Waals surface area (Å²) in [6, 6.07) is 8.30. The summed E-state index contributed by atoms with van der Waals surface area (Å²) in [4.78, 5) is 12.5. The lowest BCUT2D eigenvalue weighted by Gasteiger charge is -2.30. The third-order valence-electron chi connectivity index (χ3n) is 5.11. The largest absolute Gasteiger partial charge is 0.355 e. The Bertz CT molecular complexity index is 505. The van der Waals surface area contributed by atoms with Crippen molar-refractivity contribution >= 4 is 34.2 Å². The van der Waals surface area contributed by atoms with E-state index >= 15 is 0 Å². The smallest absolute Gasteiger partial charge is 0.227 e. The normalized spacial score (nSPS) is 15.8. The molecule has 1 aromatic carbocycles. The Hall–Kier alpha value is -0.580. The molecule has 1 amide bonds. The van der Waals surface area contributed by atoms with E-state index < -0.39 is 5.41 Å². The number of carbonyl (C=O) groups excluding carboxylic acids is 1. The van der Waals surface area contributed by atoms with E-state index in [0.29, 0.717) is 13.1 Å². The van der Waals surface area contributed by atoms with Crippen LogP contribution in [0.4, 0.5) is 0 Å². The van der Waals surface area contributed by atoms with Crippen molar-refractivity contribution < 1.29 is 4.79 Å². The van der Waals surface area contributed by atoms with E-state index in [4.69, 9.17) is 5.73 Å². The average molecular weight is 390 g/mol. The Morgan fingerprint density at radius 1 is 1.32 bits per heavy atom. The van der Waals surface area contributed by atoms with Crippen LogP contribution in [0.15, 0.2) is 28.7 Å². The number of nitrogens with one attached hydrogen (secondary N) is 1. The van der Waals surface area contributed by atoms with Crippen molar-refractivity contribution in [3.8, 4) is 0 Å². The van der Waals surface area contributed by atoms with Crippen LogP contribution in [0.1, 0.15) is 45.1 Å². The molecule has 22 heavy (non-hydrogen) atoms. The molecule has 3 N–H and O–H groups in total. The summed E-state index contributed by atoms with van der Waals surface area (Å²) < 4.78 is 1.13. The second-order valence-corrected chi connectivity index (χ2v) is 6.99. The quantitative estimate of drug-likeness (QED) is 0.745. The second-order valence-electron chi connectivity index (χ2n) is 6.13. The highest BCUT2D eigenvalue weighted by Crippen LogP contribution is 2.50. The van der Waals surface area contributed by atoms with E-state index in [1.807, 2.05) is 19.9 Å². The first-order valence-corrected chi connectivity index (χ1v) is 8.56. The zero-order valence-electron chi connectivity index (χ0n) is 13.3. The van der Waals surface area contributed by atoms with Crippen molar-refractivity contribution in [2.24, 2.45) is 11.1 Å². The minimum absolute atomic E-state index is 0. The molecule has 1 fully saturated rings. The van der Waals surface area contributed by atoms with Crippen molar-refractivity contribution in [2.45, 2.75) is 44.9 Å². The molecule has 0 unspecified atom stereocenters. The molecule has 2 rings (SSSR count). The Kier molecular flexibility index (Phi) is 6.90. The number of nitrogens with two attached hydrogens (primary N) is 1. The van der Waals surface area contributed by atoms with Crippen molar-refractivity contribution in [3.63, 3.8) is 0 Å². The van der Waals surface area contributed by atoms with E-state index in [1.165, 1.54) is 5.56 Å². The third-order valence-corrected chi connectivity index (χ3v) is 5.80. The fourth-order valence-electron chi connectivity index (χ4n) is 2.97. The fourth-order valence-corrected chi connectivity index (χ4v) is 3.68. The molecule has 0 saturated heterocycles. The predicted molar refractivity (Wildman–Crippen MR) is 97.4 cm³/mol.